The minimum atomic E-state index is -3.42. The van der Waals surface area contributed by atoms with Crippen LogP contribution in [0.3, 0.4) is 0 Å². The topological polar surface area (TPSA) is 99.2 Å². The van der Waals surface area contributed by atoms with Gasteiger partial charge in [-0.3, -0.25) is 4.79 Å². The van der Waals surface area contributed by atoms with Gasteiger partial charge in [0.1, 0.15) is 18.5 Å². The van der Waals surface area contributed by atoms with Crippen LogP contribution in [-0.4, -0.2) is 70.8 Å². The van der Waals surface area contributed by atoms with E-state index in [9.17, 15) is 18.0 Å². The zero-order valence-corrected chi connectivity index (χ0v) is 20.9. The highest BCUT2D eigenvalue weighted by Crippen LogP contribution is 2.29. The van der Waals surface area contributed by atoms with E-state index >= 15 is 0 Å². The number of carbonyl (C=O) groups excluding carboxylic acids is 2. The van der Waals surface area contributed by atoms with Gasteiger partial charge in [-0.15, -0.1) is 0 Å². The van der Waals surface area contributed by atoms with Crippen molar-refractivity contribution in [3.05, 3.63) is 52.5 Å². The molecule has 8 nitrogen and oxygen atoms in total. The fourth-order valence-corrected chi connectivity index (χ4v) is 4.54. The summed E-state index contributed by atoms with van der Waals surface area (Å²) in [5.41, 5.74) is 1.21. The Bertz CT molecular complexity index is 1170. The summed E-state index contributed by atoms with van der Waals surface area (Å²) >= 11 is 6.21. The van der Waals surface area contributed by atoms with E-state index in [4.69, 9.17) is 25.8 Å². The van der Waals surface area contributed by atoms with Gasteiger partial charge in [-0.2, -0.15) is 0 Å². The van der Waals surface area contributed by atoms with Crippen molar-refractivity contribution < 1.29 is 32.2 Å². The highest BCUT2D eigenvalue weighted by atomic mass is 35.5. The van der Waals surface area contributed by atoms with Crippen LogP contribution in [0.2, 0.25) is 5.02 Å². The molecule has 1 amide bonds. The molecule has 1 aliphatic rings. The first-order chi connectivity index (χ1) is 16.1. The molecule has 0 aromatic heterocycles. The van der Waals surface area contributed by atoms with E-state index in [0.29, 0.717) is 44.0 Å². The van der Waals surface area contributed by atoms with Crippen molar-refractivity contribution in [1.82, 2.24) is 4.90 Å². The third-order valence-corrected chi connectivity index (χ3v) is 6.87. The van der Waals surface area contributed by atoms with Gasteiger partial charge in [-0.25, -0.2) is 8.42 Å². The molecule has 1 unspecified atom stereocenters. The molecule has 1 heterocycles. The lowest BCUT2D eigenvalue weighted by atomic mass is 10.1. The number of halogens is 1. The van der Waals surface area contributed by atoms with Gasteiger partial charge in [0.05, 0.1) is 35.7 Å². The van der Waals surface area contributed by atoms with E-state index in [1.807, 2.05) is 12.1 Å². The Kier molecular flexibility index (Phi) is 8.57. The van der Waals surface area contributed by atoms with Gasteiger partial charge in [0.15, 0.2) is 21.3 Å². The van der Waals surface area contributed by atoms with E-state index in [1.54, 1.807) is 25.0 Å². The van der Waals surface area contributed by atoms with Crippen LogP contribution < -0.4 is 9.47 Å². The smallest absolute Gasteiger partial charge is 0.255 e. The molecule has 1 saturated heterocycles. The molecule has 3 rings (SSSR count). The van der Waals surface area contributed by atoms with Gasteiger partial charge in [-0.05, 0) is 49.2 Å². The summed E-state index contributed by atoms with van der Waals surface area (Å²) in [6.07, 6.45) is 1.81. The summed E-state index contributed by atoms with van der Waals surface area (Å²) in [6, 6.07) is 9.63. The Balaban J connectivity index is 1.63. The number of ether oxygens (including phenoxy) is 3. The number of rotatable bonds is 9. The van der Waals surface area contributed by atoms with Crippen LogP contribution in [0.1, 0.15) is 29.3 Å². The van der Waals surface area contributed by atoms with Crippen LogP contribution >= 0.6 is 11.6 Å². The minimum Gasteiger partial charge on any atom is -0.493 e. The Morgan fingerprint density at radius 3 is 2.59 bits per heavy atom. The second kappa shape index (κ2) is 11.2. The van der Waals surface area contributed by atoms with Gasteiger partial charge in [-0.1, -0.05) is 17.7 Å². The fourth-order valence-electron chi connectivity index (χ4n) is 3.56. The van der Waals surface area contributed by atoms with Crippen molar-refractivity contribution in [3.63, 3.8) is 0 Å². The molecule has 2 aromatic carbocycles. The first-order valence-corrected chi connectivity index (χ1v) is 13.0. The predicted octanol–water partition coefficient (Wildman–Crippen LogP) is 3.19. The monoisotopic (exact) mass is 509 g/mol. The van der Waals surface area contributed by atoms with E-state index < -0.39 is 9.84 Å². The average Bonchev–Trinajstić information content (AvgIpc) is 2.80. The average molecular weight is 510 g/mol. The van der Waals surface area contributed by atoms with Crippen molar-refractivity contribution in [1.29, 1.82) is 0 Å². The van der Waals surface area contributed by atoms with Crippen LogP contribution in [0.5, 0.6) is 11.5 Å². The highest BCUT2D eigenvalue weighted by Gasteiger charge is 2.27. The number of aryl methyl sites for hydroxylation is 1. The maximum absolute atomic E-state index is 13.0. The summed E-state index contributed by atoms with van der Waals surface area (Å²) < 4.78 is 40.5. The van der Waals surface area contributed by atoms with Crippen LogP contribution in [-0.2, 0) is 25.8 Å². The van der Waals surface area contributed by atoms with Crippen LogP contribution in [0, 0.1) is 0 Å². The third-order valence-electron chi connectivity index (χ3n) is 5.44. The lowest BCUT2D eigenvalue weighted by molar-refractivity contribution is -0.116. The summed E-state index contributed by atoms with van der Waals surface area (Å²) in [7, 11) is -1.87. The van der Waals surface area contributed by atoms with Crippen molar-refractivity contribution >= 4 is 33.1 Å². The number of amides is 1. The van der Waals surface area contributed by atoms with Gasteiger partial charge in [0, 0.05) is 19.2 Å². The number of carbonyl (C=O) groups is 2. The van der Waals surface area contributed by atoms with Crippen molar-refractivity contribution in [2.24, 2.45) is 0 Å². The lowest BCUT2D eigenvalue weighted by Gasteiger charge is -2.33. The zero-order chi connectivity index (χ0) is 24.9. The largest absolute Gasteiger partial charge is 0.493 e. The molecular formula is C24H28ClNO7S. The molecule has 2 aromatic rings. The molecule has 0 spiro atoms. The first-order valence-electron chi connectivity index (χ1n) is 10.8. The van der Waals surface area contributed by atoms with E-state index in [2.05, 4.69) is 0 Å². The number of Topliss-reactive ketones (excluding diaryl/α,β-unsaturated/α-hetero) is 1. The molecule has 0 aliphatic carbocycles. The third kappa shape index (κ3) is 6.71. The van der Waals surface area contributed by atoms with Gasteiger partial charge in [0.25, 0.3) is 5.91 Å². The number of sulfone groups is 1. The molecule has 184 valence electrons. The maximum Gasteiger partial charge on any atom is 0.255 e. The molecule has 0 bridgehead atoms. The number of methoxy groups -OCH3 is 1. The van der Waals surface area contributed by atoms with E-state index in [0.717, 1.165) is 11.8 Å². The van der Waals surface area contributed by atoms with E-state index in [-0.39, 0.29) is 39.9 Å². The zero-order valence-electron chi connectivity index (χ0n) is 19.4. The Morgan fingerprint density at radius 1 is 1.18 bits per heavy atom. The van der Waals surface area contributed by atoms with Crippen molar-refractivity contribution in [2.45, 2.75) is 30.8 Å². The molecule has 1 fully saturated rings. The predicted molar refractivity (Wildman–Crippen MR) is 128 cm³/mol. The Labute approximate surface area is 204 Å². The Hall–Kier alpha value is -2.62. The maximum atomic E-state index is 13.0. The van der Waals surface area contributed by atoms with Crippen molar-refractivity contribution in [3.8, 4) is 11.5 Å². The minimum absolute atomic E-state index is 0.0589. The number of hydrogen-bond donors (Lipinski definition) is 0. The molecule has 0 saturated carbocycles. The van der Waals surface area contributed by atoms with Crippen molar-refractivity contribution in [2.75, 3.05) is 39.7 Å². The normalized spacial score (nSPS) is 16.2. The molecular weight excluding hydrogens is 482 g/mol. The number of morpholine rings is 1. The second-order valence-corrected chi connectivity index (χ2v) is 10.6. The molecule has 34 heavy (non-hydrogen) atoms. The molecule has 1 aliphatic heterocycles. The van der Waals surface area contributed by atoms with Crippen LogP contribution in [0.25, 0.3) is 0 Å². The molecule has 0 radical (unpaired) electrons. The molecule has 1 atom stereocenters. The lowest BCUT2D eigenvalue weighted by Crippen LogP contribution is -2.47. The van der Waals surface area contributed by atoms with Gasteiger partial charge < -0.3 is 23.9 Å². The second-order valence-electron chi connectivity index (χ2n) is 8.16. The quantitative estimate of drug-likeness (QED) is 0.511. The summed E-state index contributed by atoms with van der Waals surface area (Å²) in [4.78, 5) is 25.9. The Morgan fingerprint density at radius 2 is 1.94 bits per heavy atom. The van der Waals surface area contributed by atoms with Crippen LogP contribution in [0.4, 0.5) is 0 Å². The SMILES string of the molecule is COc1cc(CCC(C)=O)ccc1OCC1CN(C(=O)c2ccc(S(C)(=O)=O)cc2Cl)CCO1. The number of nitrogens with zero attached hydrogens (tertiary/aromatic N) is 1. The summed E-state index contributed by atoms with van der Waals surface area (Å²) in [6.45, 7) is 2.77. The molecule has 0 N–H and O–H groups in total. The van der Waals surface area contributed by atoms with Gasteiger partial charge in [0.2, 0.25) is 0 Å². The summed E-state index contributed by atoms with van der Waals surface area (Å²) in [5, 5.41) is 0.0850. The first kappa shape index (κ1) is 26.0. The number of ketones is 1. The number of hydrogen-bond acceptors (Lipinski definition) is 7. The standard InChI is InChI=1S/C24H28ClNO7S/c1-16(27)4-5-17-6-9-22(23(12-17)31-2)33-15-18-14-26(10-11-32-18)24(28)20-8-7-19(13-21(20)25)34(3,29)30/h6-9,12-13,18H,4-5,10-11,14-15H2,1-3H3. The number of benzene rings is 2. The van der Waals surface area contributed by atoms with E-state index in [1.165, 1.54) is 18.2 Å². The fraction of sp³-hybridized carbons (Fsp3) is 0.417. The summed E-state index contributed by atoms with van der Waals surface area (Å²) in [5.74, 6) is 0.925. The highest BCUT2D eigenvalue weighted by molar-refractivity contribution is 7.90. The molecule has 10 heteroatoms. The van der Waals surface area contributed by atoms with Crippen LogP contribution in [0.15, 0.2) is 41.3 Å². The van der Waals surface area contributed by atoms with Gasteiger partial charge >= 0.3 is 0 Å².